The first-order valence-electron chi connectivity index (χ1n) is 5.54. The highest BCUT2D eigenvalue weighted by Crippen LogP contribution is 2.19. The molecule has 0 radical (unpaired) electrons. The SMILES string of the molecule is CCC(CC)n1nc(NC(=O)CCl)cc1C. The Balaban J connectivity index is 2.84. The fraction of sp³-hybridized carbons (Fsp3) is 0.636. The molecule has 0 aromatic carbocycles. The highest BCUT2D eigenvalue weighted by molar-refractivity contribution is 6.28. The van der Waals surface area contributed by atoms with E-state index in [-0.39, 0.29) is 11.8 Å². The predicted octanol–water partition coefficient (Wildman–Crippen LogP) is 2.73. The molecule has 0 fully saturated rings. The highest BCUT2D eigenvalue weighted by Gasteiger charge is 2.12. The van der Waals surface area contributed by atoms with Crippen LogP contribution >= 0.6 is 11.6 Å². The third kappa shape index (κ3) is 2.98. The van der Waals surface area contributed by atoms with Gasteiger partial charge in [0.15, 0.2) is 5.82 Å². The summed E-state index contributed by atoms with van der Waals surface area (Å²) < 4.78 is 1.96. The van der Waals surface area contributed by atoms with Crippen molar-refractivity contribution >= 4 is 23.3 Å². The van der Waals surface area contributed by atoms with Gasteiger partial charge in [0, 0.05) is 11.8 Å². The van der Waals surface area contributed by atoms with Gasteiger partial charge in [-0.15, -0.1) is 11.6 Å². The van der Waals surface area contributed by atoms with Crippen LogP contribution in [0.15, 0.2) is 6.07 Å². The number of alkyl halides is 1. The van der Waals surface area contributed by atoms with Crippen LogP contribution < -0.4 is 5.32 Å². The van der Waals surface area contributed by atoms with Gasteiger partial charge in [-0.05, 0) is 19.8 Å². The molecular formula is C11H18ClN3O. The number of carbonyl (C=O) groups is 1. The van der Waals surface area contributed by atoms with E-state index in [0.717, 1.165) is 18.5 Å². The summed E-state index contributed by atoms with van der Waals surface area (Å²) in [6, 6.07) is 2.25. The molecule has 4 nitrogen and oxygen atoms in total. The summed E-state index contributed by atoms with van der Waals surface area (Å²) in [5.74, 6) is 0.308. The number of hydrogen-bond donors (Lipinski definition) is 1. The standard InChI is InChI=1S/C11H18ClN3O/c1-4-9(5-2)15-8(3)6-10(14-15)13-11(16)7-12/h6,9H,4-5,7H2,1-3H3,(H,13,14,16). The molecule has 0 saturated heterocycles. The third-order valence-corrected chi connectivity index (χ3v) is 2.84. The monoisotopic (exact) mass is 243 g/mol. The van der Waals surface area contributed by atoms with Crippen molar-refractivity contribution in [1.29, 1.82) is 0 Å². The minimum absolute atomic E-state index is 0.0448. The lowest BCUT2D eigenvalue weighted by molar-refractivity contribution is -0.113. The van der Waals surface area contributed by atoms with E-state index < -0.39 is 0 Å². The van der Waals surface area contributed by atoms with Crippen LogP contribution in [0.2, 0.25) is 0 Å². The van der Waals surface area contributed by atoms with Crippen molar-refractivity contribution in [3.63, 3.8) is 0 Å². The summed E-state index contributed by atoms with van der Waals surface area (Å²) in [7, 11) is 0. The second kappa shape index (κ2) is 5.89. The fourth-order valence-corrected chi connectivity index (χ4v) is 1.80. The molecule has 0 saturated carbocycles. The van der Waals surface area contributed by atoms with Gasteiger partial charge in [0.1, 0.15) is 5.88 Å². The number of hydrogen-bond acceptors (Lipinski definition) is 2. The van der Waals surface area contributed by atoms with Gasteiger partial charge in [-0.2, -0.15) is 5.10 Å². The molecule has 0 aliphatic heterocycles. The van der Waals surface area contributed by atoms with Gasteiger partial charge < -0.3 is 5.32 Å². The molecule has 5 heteroatoms. The molecule has 90 valence electrons. The van der Waals surface area contributed by atoms with Gasteiger partial charge in [-0.3, -0.25) is 9.48 Å². The van der Waals surface area contributed by atoms with Gasteiger partial charge in [-0.1, -0.05) is 13.8 Å². The second-order valence-corrected chi connectivity index (χ2v) is 4.03. The number of carbonyl (C=O) groups excluding carboxylic acids is 1. The minimum atomic E-state index is -0.226. The summed E-state index contributed by atoms with van der Waals surface area (Å²) in [6.45, 7) is 6.25. The van der Waals surface area contributed by atoms with E-state index in [0.29, 0.717) is 11.9 Å². The van der Waals surface area contributed by atoms with Crippen molar-refractivity contribution in [2.75, 3.05) is 11.2 Å². The molecule has 0 aliphatic carbocycles. The molecule has 1 rings (SSSR count). The van der Waals surface area contributed by atoms with Crippen LogP contribution in [0.25, 0.3) is 0 Å². The third-order valence-electron chi connectivity index (χ3n) is 2.60. The Hall–Kier alpha value is -1.03. The van der Waals surface area contributed by atoms with Crippen LogP contribution in [0.3, 0.4) is 0 Å². The van der Waals surface area contributed by atoms with E-state index in [4.69, 9.17) is 11.6 Å². The lowest BCUT2D eigenvalue weighted by Crippen LogP contribution is -2.14. The number of aryl methyl sites for hydroxylation is 1. The van der Waals surface area contributed by atoms with Gasteiger partial charge in [-0.25, -0.2) is 0 Å². The van der Waals surface area contributed by atoms with Crippen LogP contribution in [0.1, 0.15) is 38.4 Å². The molecule has 0 aliphatic rings. The molecule has 1 aromatic rings. The van der Waals surface area contributed by atoms with Crippen molar-refractivity contribution in [2.24, 2.45) is 0 Å². The van der Waals surface area contributed by atoms with Gasteiger partial charge in [0.05, 0.1) is 6.04 Å². The zero-order chi connectivity index (χ0) is 12.1. The number of nitrogens with one attached hydrogen (secondary N) is 1. The van der Waals surface area contributed by atoms with Crippen LogP contribution in [-0.2, 0) is 4.79 Å². The van der Waals surface area contributed by atoms with Gasteiger partial charge in [0.25, 0.3) is 0 Å². The Morgan fingerprint density at radius 1 is 1.56 bits per heavy atom. The van der Waals surface area contributed by atoms with E-state index in [1.807, 2.05) is 17.7 Å². The van der Waals surface area contributed by atoms with Gasteiger partial charge in [0.2, 0.25) is 5.91 Å². The topological polar surface area (TPSA) is 46.9 Å². The van der Waals surface area contributed by atoms with E-state index in [1.165, 1.54) is 0 Å². The molecular weight excluding hydrogens is 226 g/mol. The summed E-state index contributed by atoms with van der Waals surface area (Å²) in [4.78, 5) is 11.1. The Morgan fingerprint density at radius 2 is 2.19 bits per heavy atom. The second-order valence-electron chi connectivity index (χ2n) is 3.77. The maximum atomic E-state index is 11.1. The predicted molar refractivity (Wildman–Crippen MR) is 65.9 cm³/mol. The van der Waals surface area contributed by atoms with E-state index >= 15 is 0 Å². The van der Waals surface area contributed by atoms with Crippen molar-refractivity contribution in [3.8, 4) is 0 Å². The summed E-state index contributed by atoms with van der Waals surface area (Å²) in [6.07, 6.45) is 2.06. The largest absolute Gasteiger partial charge is 0.308 e. The van der Waals surface area contributed by atoms with Crippen molar-refractivity contribution in [1.82, 2.24) is 9.78 Å². The lowest BCUT2D eigenvalue weighted by atomic mass is 10.2. The normalized spacial score (nSPS) is 10.8. The number of rotatable bonds is 5. The number of nitrogens with zero attached hydrogens (tertiary/aromatic N) is 2. The zero-order valence-electron chi connectivity index (χ0n) is 9.96. The Labute approximate surface area is 101 Å². The summed E-state index contributed by atoms with van der Waals surface area (Å²) >= 11 is 5.42. The first-order chi connectivity index (χ1) is 7.62. The Morgan fingerprint density at radius 3 is 2.69 bits per heavy atom. The van der Waals surface area contributed by atoms with Crippen LogP contribution in [-0.4, -0.2) is 21.6 Å². The summed E-state index contributed by atoms with van der Waals surface area (Å²) in [5, 5.41) is 7.02. The van der Waals surface area contributed by atoms with Crippen molar-refractivity contribution in [2.45, 2.75) is 39.7 Å². The van der Waals surface area contributed by atoms with E-state index in [2.05, 4.69) is 24.3 Å². The first-order valence-corrected chi connectivity index (χ1v) is 6.07. The van der Waals surface area contributed by atoms with E-state index in [1.54, 1.807) is 0 Å². The number of aromatic nitrogens is 2. The first kappa shape index (κ1) is 13.0. The Bertz CT molecular complexity index is 358. The van der Waals surface area contributed by atoms with Gasteiger partial charge >= 0.3 is 0 Å². The average molecular weight is 244 g/mol. The number of anilines is 1. The molecule has 0 atom stereocenters. The lowest BCUT2D eigenvalue weighted by Gasteiger charge is -2.14. The Kier molecular flexibility index (Phi) is 4.80. The maximum Gasteiger partial charge on any atom is 0.240 e. The maximum absolute atomic E-state index is 11.1. The zero-order valence-corrected chi connectivity index (χ0v) is 10.7. The molecule has 0 bridgehead atoms. The quantitative estimate of drug-likeness (QED) is 0.809. The van der Waals surface area contributed by atoms with Crippen molar-refractivity contribution in [3.05, 3.63) is 11.8 Å². The van der Waals surface area contributed by atoms with Crippen molar-refractivity contribution < 1.29 is 4.79 Å². The molecule has 0 unspecified atom stereocenters. The average Bonchev–Trinajstić information content (AvgIpc) is 2.61. The van der Waals surface area contributed by atoms with Crippen LogP contribution in [0.4, 0.5) is 5.82 Å². The minimum Gasteiger partial charge on any atom is -0.308 e. The van der Waals surface area contributed by atoms with E-state index in [9.17, 15) is 4.79 Å². The van der Waals surface area contributed by atoms with Crippen LogP contribution in [0, 0.1) is 6.92 Å². The molecule has 1 N–H and O–H groups in total. The summed E-state index contributed by atoms with van der Waals surface area (Å²) in [5.41, 5.74) is 1.05. The smallest absolute Gasteiger partial charge is 0.240 e. The molecule has 16 heavy (non-hydrogen) atoms. The molecule has 1 heterocycles. The highest BCUT2D eigenvalue weighted by atomic mass is 35.5. The number of halogens is 1. The molecule has 0 spiro atoms. The molecule has 1 aromatic heterocycles. The number of amides is 1. The fourth-order valence-electron chi connectivity index (χ4n) is 1.73. The van der Waals surface area contributed by atoms with Crippen LogP contribution in [0.5, 0.6) is 0 Å². The molecule has 1 amide bonds.